The van der Waals surface area contributed by atoms with Crippen molar-refractivity contribution in [3.8, 4) is 0 Å². The number of ketones is 1. The molecule has 1 heterocycles. The summed E-state index contributed by atoms with van der Waals surface area (Å²) >= 11 is 3.43. The van der Waals surface area contributed by atoms with Crippen molar-refractivity contribution in [2.24, 2.45) is 5.92 Å². The molecule has 126 valence electrons. The molecule has 0 aliphatic carbocycles. The van der Waals surface area contributed by atoms with Crippen LogP contribution in [0.4, 0.5) is 5.69 Å². The first-order valence-corrected chi connectivity index (χ1v) is 9.19. The summed E-state index contributed by atoms with van der Waals surface area (Å²) in [5.74, 6) is 0.352. The highest BCUT2D eigenvalue weighted by Gasteiger charge is 2.34. The number of anilines is 1. The van der Waals surface area contributed by atoms with Gasteiger partial charge in [-0.05, 0) is 63.8 Å². The van der Waals surface area contributed by atoms with E-state index < -0.39 is 4.32 Å². The van der Waals surface area contributed by atoms with Crippen molar-refractivity contribution in [2.75, 3.05) is 4.90 Å². The lowest BCUT2D eigenvalue weighted by molar-refractivity contribution is -0.122. The second-order valence-electron chi connectivity index (χ2n) is 6.92. The Labute approximate surface area is 147 Å². The minimum Gasteiger partial charge on any atom is -0.309 e. The van der Waals surface area contributed by atoms with Crippen molar-refractivity contribution in [1.29, 1.82) is 0 Å². The van der Waals surface area contributed by atoms with E-state index >= 15 is 0 Å². The Morgan fingerprint density at radius 2 is 1.91 bits per heavy atom. The van der Waals surface area contributed by atoms with Gasteiger partial charge in [0.1, 0.15) is 0 Å². The first kappa shape index (κ1) is 18.2. The molecule has 3 nitrogen and oxygen atoms in total. The largest absolute Gasteiger partial charge is 0.309 e. The average Bonchev–Trinajstić information content (AvgIpc) is 2.81. The maximum Gasteiger partial charge on any atom is 0.230 e. The summed E-state index contributed by atoms with van der Waals surface area (Å²) in [6.45, 7) is 9.92. The Bertz CT molecular complexity index is 614. The topological polar surface area (TPSA) is 37.4 Å². The van der Waals surface area contributed by atoms with Crippen LogP contribution in [0.25, 0.3) is 0 Å². The standard InChI is InChI=1S/C19H26BrNO2/c1-6-13(7-2)18(23)21-12(3)10-15-11-14(8-9-16(15)21)17(22)19(4,5)20/h8-9,11-13H,6-7,10H2,1-5H3. The smallest absolute Gasteiger partial charge is 0.230 e. The van der Waals surface area contributed by atoms with Crippen LogP contribution in [0.2, 0.25) is 0 Å². The van der Waals surface area contributed by atoms with Crippen LogP contribution >= 0.6 is 15.9 Å². The Hall–Kier alpha value is -1.16. The summed E-state index contributed by atoms with van der Waals surface area (Å²) in [6.07, 6.45) is 2.54. The van der Waals surface area contributed by atoms with E-state index in [0.717, 1.165) is 30.5 Å². The normalized spacial score (nSPS) is 17.5. The number of hydrogen-bond donors (Lipinski definition) is 0. The zero-order valence-electron chi connectivity index (χ0n) is 14.6. The summed E-state index contributed by atoms with van der Waals surface area (Å²) in [5.41, 5.74) is 2.77. The average molecular weight is 380 g/mol. The molecule has 4 heteroatoms. The van der Waals surface area contributed by atoms with Crippen LogP contribution in [0, 0.1) is 5.92 Å². The van der Waals surface area contributed by atoms with Crippen LogP contribution in [0.5, 0.6) is 0 Å². The lowest BCUT2D eigenvalue weighted by Crippen LogP contribution is -2.39. The van der Waals surface area contributed by atoms with E-state index in [1.54, 1.807) is 0 Å². The number of rotatable bonds is 5. The molecule has 0 fully saturated rings. The quantitative estimate of drug-likeness (QED) is 0.546. The van der Waals surface area contributed by atoms with Gasteiger partial charge in [0.05, 0.1) is 4.32 Å². The third-order valence-electron chi connectivity index (χ3n) is 4.67. The Balaban J connectivity index is 2.35. The number of amides is 1. The first-order valence-electron chi connectivity index (χ1n) is 8.40. The molecule has 0 bridgehead atoms. The van der Waals surface area contributed by atoms with Crippen LogP contribution in [0.15, 0.2) is 18.2 Å². The van der Waals surface area contributed by atoms with E-state index in [1.807, 2.05) is 36.9 Å². The fraction of sp³-hybridized carbons (Fsp3) is 0.579. The molecule has 23 heavy (non-hydrogen) atoms. The van der Waals surface area contributed by atoms with Gasteiger partial charge < -0.3 is 4.90 Å². The summed E-state index contributed by atoms with van der Waals surface area (Å²) in [4.78, 5) is 27.2. The van der Waals surface area contributed by atoms with Crippen LogP contribution in [0.3, 0.4) is 0 Å². The van der Waals surface area contributed by atoms with Gasteiger partial charge in [0, 0.05) is 23.2 Å². The molecule has 1 unspecified atom stereocenters. The van der Waals surface area contributed by atoms with E-state index in [-0.39, 0.29) is 23.7 Å². The lowest BCUT2D eigenvalue weighted by Gasteiger charge is -2.27. The molecule has 0 saturated heterocycles. The Morgan fingerprint density at radius 3 is 2.43 bits per heavy atom. The number of Topliss-reactive ketones (excluding diaryl/α,β-unsaturated/α-hetero) is 1. The molecule has 1 aromatic rings. The summed E-state index contributed by atoms with van der Waals surface area (Å²) in [6, 6.07) is 5.89. The summed E-state index contributed by atoms with van der Waals surface area (Å²) in [7, 11) is 0. The van der Waals surface area contributed by atoms with Gasteiger partial charge in [0.2, 0.25) is 5.91 Å². The van der Waals surface area contributed by atoms with Crippen LogP contribution in [-0.4, -0.2) is 22.1 Å². The van der Waals surface area contributed by atoms with Crippen LogP contribution in [0.1, 0.15) is 63.4 Å². The van der Waals surface area contributed by atoms with Crippen LogP contribution < -0.4 is 4.90 Å². The fourth-order valence-electron chi connectivity index (χ4n) is 3.29. The van der Waals surface area contributed by atoms with Gasteiger partial charge in [0.25, 0.3) is 0 Å². The summed E-state index contributed by atoms with van der Waals surface area (Å²) < 4.78 is -0.573. The van der Waals surface area contributed by atoms with Gasteiger partial charge in [-0.2, -0.15) is 0 Å². The van der Waals surface area contributed by atoms with E-state index in [1.165, 1.54) is 0 Å². The zero-order valence-corrected chi connectivity index (χ0v) is 16.2. The van der Waals surface area contributed by atoms with Crippen molar-refractivity contribution >= 4 is 33.3 Å². The molecule has 1 aromatic carbocycles. The number of carbonyl (C=O) groups excluding carboxylic acids is 2. The monoisotopic (exact) mass is 379 g/mol. The summed E-state index contributed by atoms with van der Waals surface area (Å²) in [5, 5.41) is 0. The highest BCUT2D eigenvalue weighted by Crippen LogP contribution is 2.36. The van der Waals surface area contributed by atoms with Crippen molar-refractivity contribution in [2.45, 2.75) is 64.2 Å². The number of nitrogens with zero attached hydrogens (tertiary/aromatic N) is 1. The number of fused-ring (bicyclic) bond motifs is 1. The molecular weight excluding hydrogens is 354 g/mol. The molecule has 1 aliphatic heterocycles. The van der Waals surface area contributed by atoms with Gasteiger partial charge >= 0.3 is 0 Å². The second-order valence-corrected chi connectivity index (χ2v) is 8.90. The van der Waals surface area contributed by atoms with Gasteiger partial charge in [0.15, 0.2) is 5.78 Å². The molecule has 1 amide bonds. The molecule has 1 aliphatic rings. The molecule has 0 spiro atoms. The van der Waals surface area contributed by atoms with E-state index in [4.69, 9.17) is 0 Å². The second kappa shape index (κ2) is 6.76. The van der Waals surface area contributed by atoms with Crippen LogP contribution in [-0.2, 0) is 11.2 Å². The number of halogens is 1. The molecule has 1 atom stereocenters. The highest BCUT2D eigenvalue weighted by atomic mass is 79.9. The highest BCUT2D eigenvalue weighted by molar-refractivity contribution is 9.10. The van der Waals surface area contributed by atoms with E-state index in [9.17, 15) is 9.59 Å². The van der Waals surface area contributed by atoms with Crippen molar-refractivity contribution in [3.63, 3.8) is 0 Å². The van der Waals surface area contributed by atoms with Crippen molar-refractivity contribution in [1.82, 2.24) is 0 Å². The van der Waals surface area contributed by atoms with Crippen molar-refractivity contribution in [3.05, 3.63) is 29.3 Å². The Morgan fingerprint density at radius 1 is 1.30 bits per heavy atom. The third kappa shape index (κ3) is 3.52. The SMILES string of the molecule is CCC(CC)C(=O)N1c2ccc(C(=O)C(C)(C)Br)cc2CC1C. The van der Waals surface area contributed by atoms with Crippen molar-refractivity contribution < 1.29 is 9.59 Å². The number of alkyl halides is 1. The molecule has 0 aromatic heterocycles. The van der Waals surface area contributed by atoms with E-state index in [2.05, 4.69) is 36.7 Å². The predicted octanol–water partition coefficient (Wildman–Crippen LogP) is 4.76. The Kier molecular flexibility index (Phi) is 5.34. The van der Waals surface area contributed by atoms with Gasteiger partial charge in [-0.15, -0.1) is 0 Å². The third-order valence-corrected chi connectivity index (χ3v) is 5.03. The molecule has 0 saturated carbocycles. The molecule has 2 rings (SSSR count). The number of benzene rings is 1. The molecular formula is C19H26BrNO2. The van der Waals surface area contributed by atoms with Gasteiger partial charge in [-0.3, -0.25) is 9.59 Å². The number of carbonyl (C=O) groups is 2. The molecule has 0 N–H and O–H groups in total. The minimum absolute atomic E-state index is 0.0673. The minimum atomic E-state index is -0.573. The molecule has 0 radical (unpaired) electrons. The maximum absolute atomic E-state index is 12.8. The number of hydrogen-bond acceptors (Lipinski definition) is 2. The predicted molar refractivity (Wildman–Crippen MR) is 98.5 cm³/mol. The lowest BCUT2D eigenvalue weighted by atomic mass is 9.98. The zero-order chi connectivity index (χ0) is 17.4. The van der Waals surface area contributed by atoms with E-state index in [0.29, 0.717) is 5.56 Å². The van der Waals surface area contributed by atoms with Gasteiger partial charge in [-0.25, -0.2) is 0 Å². The first-order chi connectivity index (χ1) is 10.7. The maximum atomic E-state index is 12.8. The van der Waals surface area contributed by atoms with Gasteiger partial charge in [-0.1, -0.05) is 29.8 Å². The fourth-order valence-corrected chi connectivity index (χ4v) is 3.51.